The van der Waals surface area contributed by atoms with E-state index < -0.39 is 6.10 Å². The topological polar surface area (TPSA) is 37.3 Å². The van der Waals surface area contributed by atoms with Crippen molar-refractivity contribution in [1.82, 2.24) is 0 Å². The van der Waals surface area contributed by atoms with Crippen molar-refractivity contribution in [2.75, 3.05) is 0 Å². The van der Waals surface area contributed by atoms with Crippen LogP contribution < -0.4 is 0 Å². The fourth-order valence-electron chi connectivity index (χ4n) is 0.996. The van der Waals surface area contributed by atoms with E-state index in [4.69, 9.17) is 5.11 Å². The van der Waals surface area contributed by atoms with Gasteiger partial charge in [-0.1, -0.05) is 24.3 Å². The van der Waals surface area contributed by atoms with Gasteiger partial charge < -0.3 is 5.11 Å². The summed E-state index contributed by atoms with van der Waals surface area (Å²) in [6.07, 6.45) is -0.467. The first-order valence-electron chi connectivity index (χ1n) is 3.90. The Bertz CT molecular complexity index is 272. The van der Waals surface area contributed by atoms with Crippen LogP contribution in [0.3, 0.4) is 0 Å². The van der Waals surface area contributed by atoms with Crippen LogP contribution >= 0.6 is 0 Å². The molecule has 1 atom stereocenters. The molecule has 0 aliphatic carbocycles. The van der Waals surface area contributed by atoms with E-state index in [1.165, 1.54) is 6.92 Å². The predicted octanol–water partition coefficient (Wildman–Crippen LogP) is 1.94. The fourth-order valence-corrected chi connectivity index (χ4v) is 0.996. The first-order valence-corrected chi connectivity index (χ1v) is 3.90. The summed E-state index contributed by atoms with van der Waals surface area (Å²) in [5.74, 6) is 0.0483. The highest BCUT2D eigenvalue weighted by atomic mass is 16.3. The maximum absolute atomic E-state index is 10.9. The lowest BCUT2D eigenvalue weighted by Gasteiger charge is -2.03. The van der Waals surface area contributed by atoms with Crippen LogP contribution in [0.25, 0.3) is 0 Å². The molecule has 1 aromatic rings. The van der Waals surface area contributed by atoms with Crippen LogP contribution in [0, 0.1) is 0 Å². The summed E-state index contributed by atoms with van der Waals surface area (Å²) < 4.78 is 0. The average molecular weight is 164 g/mol. The number of carbonyl (C=O) groups is 1. The fraction of sp³-hybridized carbons (Fsp3) is 0.300. The SMILES string of the molecule is CC(=O)c1ccc([C@@H](C)O)cc1. The molecule has 2 heteroatoms. The Morgan fingerprint density at radius 2 is 1.83 bits per heavy atom. The molecular formula is C10H12O2. The highest BCUT2D eigenvalue weighted by Gasteiger charge is 2.01. The first-order chi connectivity index (χ1) is 5.61. The van der Waals surface area contributed by atoms with Crippen LogP contribution in [0.1, 0.15) is 35.9 Å². The van der Waals surface area contributed by atoms with Gasteiger partial charge in [-0.25, -0.2) is 0 Å². The zero-order chi connectivity index (χ0) is 9.14. The minimum atomic E-state index is -0.467. The number of aliphatic hydroxyl groups is 1. The normalized spacial score (nSPS) is 12.6. The van der Waals surface area contributed by atoms with Gasteiger partial charge in [0.25, 0.3) is 0 Å². The summed E-state index contributed by atoms with van der Waals surface area (Å²) in [5.41, 5.74) is 1.51. The molecule has 2 nitrogen and oxygen atoms in total. The van der Waals surface area contributed by atoms with Gasteiger partial charge in [-0.2, -0.15) is 0 Å². The van der Waals surface area contributed by atoms with E-state index >= 15 is 0 Å². The third kappa shape index (κ3) is 1.92. The number of aliphatic hydroxyl groups excluding tert-OH is 1. The summed E-state index contributed by atoms with van der Waals surface area (Å²) in [6.45, 7) is 3.22. The molecule has 1 rings (SSSR count). The Morgan fingerprint density at radius 1 is 1.33 bits per heavy atom. The standard InChI is InChI=1S/C10H12O2/c1-7(11)9-3-5-10(6-4-9)8(2)12/h3-7,11H,1-2H3/t7-/m1/s1. The van der Waals surface area contributed by atoms with Gasteiger partial charge in [0.15, 0.2) is 5.78 Å². The molecule has 64 valence electrons. The Morgan fingerprint density at radius 3 is 2.17 bits per heavy atom. The van der Waals surface area contributed by atoms with Crippen molar-refractivity contribution in [3.63, 3.8) is 0 Å². The average Bonchev–Trinajstić information content (AvgIpc) is 2.04. The van der Waals surface area contributed by atoms with Crippen molar-refractivity contribution in [1.29, 1.82) is 0 Å². The zero-order valence-corrected chi connectivity index (χ0v) is 7.24. The number of benzene rings is 1. The molecule has 0 saturated carbocycles. The molecule has 1 aromatic carbocycles. The third-order valence-electron chi connectivity index (χ3n) is 1.80. The minimum Gasteiger partial charge on any atom is -0.389 e. The van der Waals surface area contributed by atoms with E-state index in [2.05, 4.69) is 0 Å². The second-order valence-electron chi connectivity index (χ2n) is 2.85. The highest BCUT2D eigenvalue weighted by Crippen LogP contribution is 2.12. The minimum absolute atomic E-state index is 0.0483. The van der Waals surface area contributed by atoms with Gasteiger partial charge in [-0.3, -0.25) is 4.79 Å². The highest BCUT2D eigenvalue weighted by molar-refractivity contribution is 5.93. The van der Waals surface area contributed by atoms with Crippen LogP contribution in [-0.4, -0.2) is 10.9 Å². The third-order valence-corrected chi connectivity index (χ3v) is 1.80. The van der Waals surface area contributed by atoms with E-state index in [0.717, 1.165) is 5.56 Å². The molecule has 0 aliphatic heterocycles. The zero-order valence-electron chi connectivity index (χ0n) is 7.24. The van der Waals surface area contributed by atoms with Crippen LogP contribution in [0.4, 0.5) is 0 Å². The molecule has 0 bridgehead atoms. The number of ketones is 1. The largest absolute Gasteiger partial charge is 0.389 e. The number of hydrogen-bond donors (Lipinski definition) is 1. The van der Waals surface area contributed by atoms with Gasteiger partial charge in [0.05, 0.1) is 6.10 Å². The van der Waals surface area contributed by atoms with Crippen LogP contribution in [-0.2, 0) is 0 Å². The molecule has 0 unspecified atom stereocenters. The smallest absolute Gasteiger partial charge is 0.159 e. The number of carbonyl (C=O) groups excluding carboxylic acids is 1. The molecule has 1 N–H and O–H groups in total. The van der Waals surface area contributed by atoms with Gasteiger partial charge >= 0.3 is 0 Å². The maximum Gasteiger partial charge on any atom is 0.159 e. The molecule has 0 radical (unpaired) electrons. The lowest BCUT2D eigenvalue weighted by molar-refractivity contribution is 0.101. The van der Waals surface area contributed by atoms with E-state index in [-0.39, 0.29) is 5.78 Å². The van der Waals surface area contributed by atoms with E-state index in [1.54, 1.807) is 31.2 Å². The lowest BCUT2D eigenvalue weighted by Crippen LogP contribution is -1.94. The summed E-state index contributed by atoms with van der Waals surface area (Å²) in [5, 5.41) is 9.17. The van der Waals surface area contributed by atoms with Gasteiger partial charge in [0, 0.05) is 5.56 Å². The molecule has 12 heavy (non-hydrogen) atoms. The predicted molar refractivity (Wildman–Crippen MR) is 47.1 cm³/mol. The summed E-state index contributed by atoms with van der Waals surface area (Å²) >= 11 is 0. The molecule has 0 amide bonds. The molecule has 0 aromatic heterocycles. The Balaban J connectivity index is 2.93. The van der Waals surface area contributed by atoms with Gasteiger partial charge in [-0.15, -0.1) is 0 Å². The van der Waals surface area contributed by atoms with E-state index in [9.17, 15) is 4.79 Å². The van der Waals surface area contributed by atoms with E-state index in [1.807, 2.05) is 0 Å². The number of rotatable bonds is 2. The Hall–Kier alpha value is -1.15. The van der Waals surface area contributed by atoms with Crippen LogP contribution in [0.2, 0.25) is 0 Å². The maximum atomic E-state index is 10.9. The van der Waals surface area contributed by atoms with E-state index in [0.29, 0.717) is 5.56 Å². The number of hydrogen-bond acceptors (Lipinski definition) is 2. The van der Waals surface area contributed by atoms with Gasteiger partial charge in [0.1, 0.15) is 0 Å². The Kier molecular flexibility index (Phi) is 2.61. The monoisotopic (exact) mass is 164 g/mol. The van der Waals surface area contributed by atoms with Crippen molar-refractivity contribution in [2.45, 2.75) is 20.0 Å². The lowest BCUT2D eigenvalue weighted by atomic mass is 10.1. The van der Waals surface area contributed by atoms with Crippen molar-refractivity contribution in [2.24, 2.45) is 0 Å². The summed E-state index contributed by atoms with van der Waals surface area (Å²) in [7, 11) is 0. The quantitative estimate of drug-likeness (QED) is 0.678. The summed E-state index contributed by atoms with van der Waals surface area (Å²) in [6, 6.07) is 6.98. The first kappa shape index (κ1) is 8.94. The molecular weight excluding hydrogens is 152 g/mol. The number of Topliss-reactive ketones (excluding diaryl/α,β-unsaturated/α-hetero) is 1. The second-order valence-corrected chi connectivity index (χ2v) is 2.85. The van der Waals surface area contributed by atoms with Crippen molar-refractivity contribution in [3.8, 4) is 0 Å². The molecule has 0 aliphatic rings. The molecule has 0 fully saturated rings. The molecule has 0 heterocycles. The summed E-state index contributed by atoms with van der Waals surface area (Å²) in [4.78, 5) is 10.9. The molecule has 0 saturated heterocycles. The van der Waals surface area contributed by atoms with Crippen molar-refractivity contribution >= 4 is 5.78 Å². The van der Waals surface area contributed by atoms with Gasteiger partial charge in [-0.05, 0) is 19.4 Å². The van der Waals surface area contributed by atoms with Gasteiger partial charge in [0.2, 0.25) is 0 Å². The van der Waals surface area contributed by atoms with Crippen LogP contribution in [0.5, 0.6) is 0 Å². The molecule has 0 spiro atoms. The van der Waals surface area contributed by atoms with Crippen molar-refractivity contribution < 1.29 is 9.90 Å². The second kappa shape index (κ2) is 3.50. The van der Waals surface area contributed by atoms with Crippen LogP contribution in [0.15, 0.2) is 24.3 Å². The van der Waals surface area contributed by atoms with Crippen molar-refractivity contribution in [3.05, 3.63) is 35.4 Å². The Labute approximate surface area is 71.8 Å².